The van der Waals surface area contributed by atoms with Gasteiger partial charge in [0.15, 0.2) is 5.96 Å². The van der Waals surface area contributed by atoms with Gasteiger partial charge in [0.2, 0.25) is 0 Å². The maximum absolute atomic E-state index is 13.8. The van der Waals surface area contributed by atoms with E-state index in [0.29, 0.717) is 12.5 Å². The molecule has 1 heterocycles. The molecular weight excluding hydrogens is 501 g/mol. The van der Waals surface area contributed by atoms with Crippen LogP contribution in [0.25, 0.3) is 0 Å². The van der Waals surface area contributed by atoms with Crippen molar-refractivity contribution in [3.63, 3.8) is 0 Å². The van der Waals surface area contributed by atoms with Gasteiger partial charge in [0.1, 0.15) is 17.7 Å². The van der Waals surface area contributed by atoms with Crippen molar-refractivity contribution in [3.8, 4) is 0 Å². The highest BCUT2D eigenvalue weighted by Crippen LogP contribution is 2.21. The molecule has 1 unspecified atom stereocenters. The first-order valence-electron chi connectivity index (χ1n) is 10.0. The van der Waals surface area contributed by atoms with Crippen LogP contribution in [0.15, 0.2) is 53.5 Å². The van der Waals surface area contributed by atoms with E-state index in [-0.39, 0.29) is 47.9 Å². The van der Waals surface area contributed by atoms with Gasteiger partial charge in [-0.2, -0.15) is 0 Å². The van der Waals surface area contributed by atoms with Crippen LogP contribution in [0.4, 0.5) is 14.5 Å². The minimum absolute atomic E-state index is 0. The molecule has 1 fully saturated rings. The van der Waals surface area contributed by atoms with Crippen molar-refractivity contribution in [1.29, 1.82) is 0 Å². The molecule has 2 aromatic carbocycles. The van der Waals surface area contributed by atoms with E-state index >= 15 is 0 Å². The number of rotatable bonds is 6. The van der Waals surface area contributed by atoms with E-state index in [2.05, 4.69) is 20.5 Å². The summed E-state index contributed by atoms with van der Waals surface area (Å²) in [5.41, 5.74) is 1.15. The predicted octanol–water partition coefficient (Wildman–Crippen LogP) is 3.84. The van der Waals surface area contributed by atoms with Crippen LogP contribution in [0.1, 0.15) is 31.4 Å². The topological polar surface area (TPSA) is 59.9 Å². The Morgan fingerprint density at radius 3 is 2.57 bits per heavy atom. The van der Waals surface area contributed by atoms with E-state index in [1.807, 2.05) is 13.0 Å². The Labute approximate surface area is 193 Å². The first kappa shape index (κ1) is 24.3. The Balaban J connectivity index is 0.00000320. The van der Waals surface area contributed by atoms with Crippen LogP contribution >= 0.6 is 24.0 Å². The molecule has 0 aliphatic carbocycles. The summed E-state index contributed by atoms with van der Waals surface area (Å²) in [4.78, 5) is 6.60. The number of guanidine groups is 1. The molecule has 164 valence electrons. The van der Waals surface area contributed by atoms with Crippen molar-refractivity contribution in [2.75, 3.05) is 31.1 Å². The maximum Gasteiger partial charge on any atom is 0.191 e. The van der Waals surface area contributed by atoms with Gasteiger partial charge in [-0.1, -0.05) is 24.3 Å². The third-order valence-corrected chi connectivity index (χ3v) is 5.04. The number of aliphatic imine (C=N–C) groups is 1. The Morgan fingerprint density at radius 1 is 1.17 bits per heavy atom. The third-order valence-electron chi connectivity index (χ3n) is 5.04. The predicted molar refractivity (Wildman–Crippen MR) is 128 cm³/mol. The van der Waals surface area contributed by atoms with Gasteiger partial charge in [0.05, 0.1) is 6.54 Å². The average Bonchev–Trinajstić information content (AvgIpc) is 2.73. The normalized spacial score (nSPS) is 16.0. The van der Waals surface area contributed by atoms with Gasteiger partial charge in [-0.05, 0) is 44.0 Å². The molecule has 30 heavy (non-hydrogen) atoms. The van der Waals surface area contributed by atoms with Crippen LogP contribution in [0.3, 0.4) is 0 Å². The molecule has 0 saturated carbocycles. The molecule has 1 saturated heterocycles. The molecule has 3 N–H and O–H groups in total. The number of benzene rings is 2. The fourth-order valence-corrected chi connectivity index (χ4v) is 3.49. The lowest BCUT2D eigenvalue weighted by Gasteiger charge is -2.34. The molecular formula is C22H29F2IN4O. The van der Waals surface area contributed by atoms with Crippen LogP contribution in [0.2, 0.25) is 0 Å². The van der Waals surface area contributed by atoms with Crippen LogP contribution in [-0.4, -0.2) is 43.3 Å². The van der Waals surface area contributed by atoms with Crippen LogP contribution < -0.4 is 15.5 Å². The summed E-state index contributed by atoms with van der Waals surface area (Å²) in [6.45, 7) is 4.36. The number of aliphatic hydroxyl groups excluding tert-OH is 1. The lowest BCUT2D eigenvalue weighted by Crippen LogP contribution is -2.49. The molecule has 0 aromatic heterocycles. The quantitative estimate of drug-likeness (QED) is 0.302. The second kappa shape index (κ2) is 12.0. The van der Waals surface area contributed by atoms with Crippen molar-refractivity contribution in [2.24, 2.45) is 4.99 Å². The van der Waals surface area contributed by atoms with Gasteiger partial charge >= 0.3 is 0 Å². The number of hydrogen-bond acceptors (Lipinski definition) is 3. The number of anilines is 1. The summed E-state index contributed by atoms with van der Waals surface area (Å²) in [7, 11) is 0. The Morgan fingerprint density at radius 2 is 1.90 bits per heavy atom. The van der Waals surface area contributed by atoms with Crippen LogP contribution in [0.5, 0.6) is 0 Å². The van der Waals surface area contributed by atoms with E-state index in [0.717, 1.165) is 31.6 Å². The Kier molecular flexibility index (Phi) is 9.77. The highest BCUT2D eigenvalue weighted by Gasteiger charge is 2.21. The summed E-state index contributed by atoms with van der Waals surface area (Å²) in [6, 6.07) is 13.1. The minimum atomic E-state index is -0.999. The van der Waals surface area contributed by atoms with Gasteiger partial charge in [0.25, 0.3) is 0 Å². The van der Waals surface area contributed by atoms with Gasteiger partial charge in [0, 0.05) is 36.9 Å². The molecule has 8 heteroatoms. The number of aliphatic hydroxyl groups is 1. The summed E-state index contributed by atoms with van der Waals surface area (Å²) in [5, 5.41) is 16.8. The highest BCUT2D eigenvalue weighted by atomic mass is 127. The SMILES string of the molecule is CCNC(=NCC(O)c1ccccc1F)NC1CCN(c2cccc(F)c2)CC1.I. The number of piperidine rings is 1. The van der Waals surface area contributed by atoms with Gasteiger partial charge in [-0.15, -0.1) is 24.0 Å². The molecule has 0 bridgehead atoms. The van der Waals surface area contributed by atoms with Crippen molar-refractivity contribution >= 4 is 35.6 Å². The van der Waals surface area contributed by atoms with Gasteiger partial charge < -0.3 is 20.6 Å². The number of hydrogen-bond donors (Lipinski definition) is 3. The summed E-state index contributed by atoms with van der Waals surface area (Å²) < 4.78 is 27.3. The number of halogens is 3. The van der Waals surface area contributed by atoms with Crippen molar-refractivity contribution in [3.05, 3.63) is 65.7 Å². The third kappa shape index (κ3) is 6.80. The molecule has 1 atom stereocenters. The zero-order valence-corrected chi connectivity index (χ0v) is 19.4. The molecule has 1 aliphatic heterocycles. The zero-order chi connectivity index (χ0) is 20.6. The second-order valence-electron chi connectivity index (χ2n) is 7.14. The molecule has 2 aromatic rings. The van der Waals surface area contributed by atoms with Gasteiger partial charge in [-0.25, -0.2) is 8.78 Å². The zero-order valence-electron chi connectivity index (χ0n) is 17.0. The number of nitrogens with zero attached hydrogens (tertiary/aromatic N) is 2. The van der Waals surface area contributed by atoms with Crippen molar-refractivity contribution in [1.82, 2.24) is 10.6 Å². The Bertz CT molecular complexity index is 828. The van der Waals surface area contributed by atoms with E-state index in [4.69, 9.17) is 0 Å². The highest BCUT2D eigenvalue weighted by molar-refractivity contribution is 14.0. The van der Waals surface area contributed by atoms with Crippen LogP contribution in [0, 0.1) is 11.6 Å². The van der Waals surface area contributed by atoms with E-state index in [1.54, 1.807) is 30.3 Å². The minimum Gasteiger partial charge on any atom is -0.386 e. The maximum atomic E-state index is 13.8. The fourth-order valence-electron chi connectivity index (χ4n) is 3.49. The molecule has 5 nitrogen and oxygen atoms in total. The van der Waals surface area contributed by atoms with E-state index in [1.165, 1.54) is 12.1 Å². The molecule has 0 amide bonds. The Hall–Kier alpha value is -1.94. The van der Waals surface area contributed by atoms with Crippen molar-refractivity contribution < 1.29 is 13.9 Å². The molecule has 0 radical (unpaired) electrons. The summed E-state index contributed by atoms with van der Waals surface area (Å²) in [6.07, 6.45) is 0.773. The summed E-state index contributed by atoms with van der Waals surface area (Å²) in [5.74, 6) is -0.0531. The van der Waals surface area contributed by atoms with Crippen LogP contribution in [-0.2, 0) is 0 Å². The van der Waals surface area contributed by atoms with E-state index in [9.17, 15) is 13.9 Å². The lowest BCUT2D eigenvalue weighted by molar-refractivity contribution is 0.182. The first-order valence-corrected chi connectivity index (χ1v) is 10.0. The molecule has 3 rings (SSSR count). The van der Waals surface area contributed by atoms with Gasteiger partial charge in [-0.3, -0.25) is 4.99 Å². The second-order valence-corrected chi connectivity index (χ2v) is 7.14. The molecule has 1 aliphatic rings. The molecule has 0 spiro atoms. The summed E-state index contributed by atoms with van der Waals surface area (Å²) >= 11 is 0. The van der Waals surface area contributed by atoms with E-state index < -0.39 is 11.9 Å². The smallest absolute Gasteiger partial charge is 0.191 e. The first-order chi connectivity index (χ1) is 14.1. The lowest BCUT2D eigenvalue weighted by atomic mass is 10.0. The average molecular weight is 530 g/mol. The standard InChI is InChI=1S/C22H28F2N4O.HI/c1-2-25-22(26-15-21(29)19-8-3-4-9-20(19)24)27-17-10-12-28(13-11-17)18-7-5-6-16(23)14-18;/h3-9,14,17,21,29H,2,10-13,15H2,1H3,(H2,25,26,27);1H. The fraction of sp³-hybridized carbons (Fsp3) is 0.409. The number of nitrogens with one attached hydrogen (secondary N) is 2. The van der Waals surface area contributed by atoms with Crippen molar-refractivity contribution in [2.45, 2.75) is 31.9 Å². The monoisotopic (exact) mass is 530 g/mol. The largest absolute Gasteiger partial charge is 0.386 e.